The minimum absolute atomic E-state index is 0.105. The molecule has 1 unspecified atom stereocenters. The van der Waals surface area contributed by atoms with Gasteiger partial charge in [-0.3, -0.25) is 9.69 Å². The summed E-state index contributed by atoms with van der Waals surface area (Å²) in [5.74, 6) is -0.0807. The summed E-state index contributed by atoms with van der Waals surface area (Å²) in [5.41, 5.74) is 0. The molecule has 0 aliphatic carbocycles. The van der Waals surface area contributed by atoms with Crippen LogP contribution in [-0.4, -0.2) is 48.3 Å². The van der Waals surface area contributed by atoms with Crippen molar-refractivity contribution in [1.29, 1.82) is 0 Å². The molecule has 1 saturated heterocycles. The molecule has 1 atom stereocenters. The number of carbonyl (C=O) groups is 1. The maximum absolute atomic E-state index is 10.4. The summed E-state index contributed by atoms with van der Waals surface area (Å²) < 4.78 is 5.54. The summed E-state index contributed by atoms with van der Waals surface area (Å²) in [6, 6.07) is 0. The van der Waals surface area contributed by atoms with Crippen molar-refractivity contribution in [3.05, 3.63) is 0 Å². The van der Waals surface area contributed by atoms with E-state index in [1.165, 1.54) is 0 Å². The molecule has 4 nitrogen and oxygen atoms in total. The molecule has 0 aromatic rings. The van der Waals surface area contributed by atoms with Gasteiger partial charge < -0.3 is 9.84 Å². The van der Waals surface area contributed by atoms with Gasteiger partial charge in [0.1, 0.15) is 0 Å². The molecule has 1 N–H and O–H groups in total. The van der Waals surface area contributed by atoms with Gasteiger partial charge in [0, 0.05) is 26.1 Å². The molecule has 15 heavy (non-hydrogen) atoms. The van der Waals surface area contributed by atoms with Gasteiger partial charge in [0.25, 0.3) is 0 Å². The highest BCUT2D eigenvalue weighted by Crippen LogP contribution is 2.12. The lowest BCUT2D eigenvalue weighted by molar-refractivity contribution is -0.138. The third-order valence-electron chi connectivity index (χ3n) is 2.53. The lowest BCUT2D eigenvalue weighted by Gasteiger charge is -2.33. The van der Waals surface area contributed by atoms with E-state index in [1.54, 1.807) is 0 Å². The Hall–Kier alpha value is -0.610. The third-order valence-corrected chi connectivity index (χ3v) is 2.53. The molecular formula is C11H21NO3. The second-order valence-corrected chi connectivity index (χ2v) is 4.58. The molecule has 1 rings (SSSR count). The Kier molecular flexibility index (Phi) is 5.05. The Morgan fingerprint density at radius 1 is 1.60 bits per heavy atom. The zero-order chi connectivity index (χ0) is 11.3. The molecule has 0 saturated carbocycles. The van der Waals surface area contributed by atoms with E-state index in [4.69, 9.17) is 9.84 Å². The zero-order valence-corrected chi connectivity index (χ0v) is 9.61. The van der Waals surface area contributed by atoms with Crippen LogP contribution in [0.25, 0.3) is 0 Å². The van der Waals surface area contributed by atoms with Crippen LogP contribution in [0, 0.1) is 5.92 Å². The minimum atomic E-state index is -0.736. The summed E-state index contributed by atoms with van der Waals surface area (Å²) in [5, 5.41) is 8.59. The van der Waals surface area contributed by atoms with E-state index in [0.29, 0.717) is 12.3 Å². The monoisotopic (exact) mass is 215 g/mol. The third kappa shape index (κ3) is 5.14. The van der Waals surface area contributed by atoms with Gasteiger partial charge in [0.15, 0.2) is 0 Å². The summed E-state index contributed by atoms with van der Waals surface area (Å²) in [7, 11) is 0. The van der Waals surface area contributed by atoms with E-state index in [1.807, 2.05) is 0 Å². The highest BCUT2D eigenvalue weighted by atomic mass is 16.5. The highest BCUT2D eigenvalue weighted by Gasteiger charge is 2.21. The van der Waals surface area contributed by atoms with Gasteiger partial charge in [-0.15, -0.1) is 0 Å². The molecule has 0 aromatic carbocycles. The first-order valence-electron chi connectivity index (χ1n) is 5.63. The first-order chi connectivity index (χ1) is 7.08. The first kappa shape index (κ1) is 12.5. The summed E-state index contributed by atoms with van der Waals surface area (Å²) in [6.07, 6.45) is 0.943. The van der Waals surface area contributed by atoms with Crippen LogP contribution in [0.15, 0.2) is 0 Å². The maximum atomic E-state index is 10.4. The van der Waals surface area contributed by atoms with Gasteiger partial charge in [0.05, 0.1) is 12.7 Å². The summed E-state index contributed by atoms with van der Waals surface area (Å²) in [6.45, 7) is 8.06. The maximum Gasteiger partial charge on any atom is 0.303 e. The quantitative estimate of drug-likeness (QED) is 0.749. The van der Waals surface area contributed by atoms with Gasteiger partial charge in [-0.1, -0.05) is 13.8 Å². The molecule has 1 aliphatic heterocycles. The summed E-state index contributed by atoms with van der Waals surface area (Å²) in [4.78, 5) is 12.8. The number of carboxylic acid groups (broad SMARTS) is 1. The molecule has 4 heteroatoms. The summed E-state index contributed by atoms with van der Waals surface area (Å²) >= 11 is 0. The average molecular weight is 215 g/mol. The van der Waals surface area contributed by atoms with Crippen LogP contribution in [0.4, 0.5) is 0 Å². The molecule has 0 amide bonds. The van der Waals surface area contributed by atoms with Gasteiger partial charge >= 0.3 is 5.97 Å². The lowest BCUT2D eigenvalue weighted by Crippen LogP contribution is -2.44. The molecule has 0 aromatic heterocycles. The van der Waals surface area contributed by atoms with Crippen LogP contribution in [0.2, 0.25) is 0 Å². The standard InChI is InChI=1S/C11H21NO3/c1-9(2)7-12-5-6-15-10(8-12)3-4-11(13)14/h9-10H,3-8H2,1-2H3,(H,13,14). The van der Waals surface area contributed by atoms with Crippen molar-refractivity contribution >= 4 is 5.97 Å². The number of ether oxygens (including phenoxy) is 1. The predicted octanol–water partition coefficient (Wildman–Crippen LogP) is 1.21. The molecule has 1 heterocycles. The number of morpholine rings is 1. The fourth-order valence-corrected chi connectivity index (χ4v) is 1.92. The molecule has 0 spiro atoms. The predicted molar refractivity (Wildman–Crippen MR) is 57.9 cm³/mol. The van der Waals surface area contributed by atoms with Crippen LogP contribution in [0.3, 0.4) is 0 Å². The van der Waals surface area contributed by atoms with Crippen molar-refractivity contribution in [1.82, 2.24) is 4.90 Å². The van der Waals surface area contributed by atoms with Crippen LogP contribution in [-0.2, 0) is 9.53 Å². The average Bonchev–Trinajstić information content (AvgIpc) is 2.14. The highest BCUT2D eigenvalue weighted by molar-refractivity contribution is 5.66. The van der Waals surface area contributed by atoms with Crippen LogP contribution < -0.4 is 0 Å². The normalized spacial score (nSPS) is 23.3. The number of hydrogen-bond acceptors (Lipinski definition) is 3. The lowest BCUT2D eigenvalue weighted by atomic mass is 10.1. The van der Waals surface area contributed by atoms with Crippen molar-refractivity contribution in [3.8, 4) is 0 Å². The molecule has 0 radical (unpaired) electrons. The van der Waals surface area contributed by atoms with Crippen LogP contribution >= 0.6 is 0 Å². The van der Waals surface area contributed by atoms with Crippen molar-refractivity contribution < 1.29 is 14.6 Å². The zero-order valence-electron chi connectivity index (χ0n) is 9.61. The second kappa shape index (κ2) is 6.08. The van der Waals surface area contributed by atoms with E-state index < -0.39 is 5.97 Å². The van der Waals surface area contributed by atoms with Gasteiger partial charge in [-0.25, -0.2) is 0 Å². The number of carboxylic acids is 1. The van der Waals surface area contributed by atoms with E-state index in [2.05, 4.69) is 18.7 Å². The van der Waals surface area contributed by atoms with Crippen molar-refractivity contribution in [2.24, 2.45) is 5.92 Å². The number of hydrogen-bond donors (Lipinski definition) is 1. The van der Waals surface area contributed by atoms with E-state index in [-0.39, 0.29) is 12.5 Å². The Morgan fingerprint density at radius 3 is 2.93 bits per heavy atom. The number of nitrogens with zero attached hydrogens (tertiary/aromatic N) is 1. The Labute approximate surface area is 91.2 Å². The first-order valence-corrected chi connectivity index (χ1v) is 5.63. The van der Waals surface area contributed by atoms with Crippen LogP contribution in [0.1, 0.15) is 26.7 Å². The van der Waals surface area contributed by atoms with Gasteiger partial charge in [0.2, 0.25) is 0 Å². The number of rotatable bonds is 5. The van der Waals surface area contributed by atoms with E-state index in [0.717, 1.165) is 26.2 Å². The smallest absolute Gasteiger partial charge is 0.303 e. The minimum Gasteiger partial charge on any atom is -0.481 e. The SMILES string of the molecule is CC(C)CN1CCOC(CCC(=O)O)C1. The molecule has 88 valence electrons. The fraction of sp³-hybridized carbons (Fsp3) is 0.909. The van der Waals surface area contributed by atoms with E-state index >= 15 is 0 Å². The Bertz CT molecular complexity index is 206. The topological polar surface area (TPSA) is 49.8 Å². The van der Waals surface area contributed by atoms with Crippen molar-refractivity contribution in [2.75, 3.05) is 26.2 Å². The van der Waals surface area contributed by atoms with Crippen molar-refractivity contribution in [2.45, 2.75) is 32.8 Å². The molecular weight excluding hydrogens is 194 g/mol. The molecule has 0 bridgehead atoms. The van der Waals surface area contributed by atoms with E-state index in [9.17, 15) is 4.79 Å². The fourth-order valence-electron chi connectivity index (χ4n) is 1.92. The molecule has 1 fully saturated rings. The van der Waals surface area contributed by atoms with Gasteiger partial charge in [-0.2, -0.15) is 0 Å². The largest absolute Gasteiger partial charge is 0.481 e. The van der Waals surface area contributed by atoms with Gasteiger partial charge in [-0.05, 0) is 12.3 Å². The second-order valence-electron chi connectivity index (χ2n) is 4.58. The number of aliphatic carboxylic acids is 1. The van der Waals surface area contributed by atoms with Crippen LogP contribution in [0.5, 0.6) is 0 Å². The molecule has 1 aliphatic rings. The Morgan fingerprint density at radius 2 is 2.33 bits per heavy atom. The van der Waals surface area contributed by atoms with Crippen molar-refractivity contribution in [3.63, 3.8) is 0 Å². The Balaban J connectivity index is 2.25.